The molecule has 5 nitrogen and oxygen atoms in total. The van der Waals surface area contributed by atoms with Gasteiger partial charge >= 0.3 is 5.97 Å². The molecule has 2 N–H and O–H groups in total. The van der Waals surface area contributed by atoms with Gasteiger partial charge in [-0.1, -0.05) is 0 Å². The number of amides is 1. The first-order valence-corrected chi connectivity index (χ1v) is 6.05. The van der Waals surface area contributed by atoms with E-state index in [1.807, 2.05) is 0 Å². The Morgan fingerprint density at radius 2 is 1.85 bits per heavy atom. The van der Waals surface area contributed by atoms with Crippen LogP contribution in [0.15, 0.2) is 36.0 Å². The van der Waals surface area contributed by atoms with Gasteiger partial charge in [0.05, 0.1) is 13.2 Å². The molecule has 20 heavy (non-hydrogen) atoms. The number of ether oxygens (including phenoxy) is 1. The first kappa shape index (κ1) is 15.7. The fourth-order valence-corrected chi connectivity index (χ4v) is 1.36. The van der Waals surface area contributed by atoms with Crippen molar-refractivity contribution in [3.8, 4) is 0 Å². The van der Waals surface area contributed by atoms with E-state index in [0.29, 0.717) is 5.69 Å². The van der Waals surface area contributed by atoms with E-state index in [-0.39, 0.29) is 17.6 Å². The average molecular weight is 280 g/mol. The Bertz CT molecular complexity index is 510. The van der Waals surface area contributed by atoms with Gasteiger partial charge in [-0.05, 0) is 38.1 Å². The van der Waals surface area contributed by atoms with Gasteiger partial charge in [0.25, 0.3) is 5.91 Å². The monoisotopic (exact) mass is 280 g/mol. The Kier molecular flexibility index (Phi) is 5.71. The maximum absolute atomic E-state index is 12.8. The van der Waals surface area contributed by atoms with Crippen LogP contribution in [0.25, 0.3) is 0 Å². The van der Waals surface area contributed by atoms with Gasteiger partial charge in [0.1, 0.15) is 11.5 Å². The molecule has 0 fully saturated rings. The highest BCUT2D eigenvalue weighted by Crippen LogP contribution is 2.11. The molecule has 1 amide bonds. The average Bonchev–Trinajstić information content (AvgIpc) is 2.39. The van der Waals surface area contributed by atoms with E-state index < -0.39 is 11.9 Å². The number of halogens is 1. The minimum absolute atomic E-state index is 0.0251. The Morgan fingerprint density at radius 3 is 2.35 bits per heavy atom. The van der Waals surface area contributed by atoms with Gasteiger partial charge in [-0.2, -0.15) is 0 Å². The van der Waals surface area contributed by atoms with E-state index in [1.54, 1.807) is 13.8 Å². The molecule has 0 unspecified atom stereocenters. The zero-order valence-corrected chi connectivity index (χ0v) is 11.6. The summed E-state index contributed by atoms with van der Waals surface area (Å²) in [5.74, 6) is -1.50. The lowest BCUT2D eigenvalue weighted by atomic mass is 10.2. The number of methoxy groups -OCH3 is 1. The predicted octanol–water partition coefficient (Wildman–Crippen LogP) is 1.82. The number of esters is 1. The molecule has 0 aliphatic carbocycles. The highest BCUT2D eigenvalue weighted by atomic mass is 19.1. The van der Waals surface area contributed by atoms with Gasteiger partial charge in [0.15, 0.2) is 0 Å². The zero-order valence-electron chi connectivity index (χ0n) is 11.6. The molecule has 0 bridgehead atoms. The normalized spacial score (nSPS) is 11.2. The van der Waals surface area contributed by atoms with Crippen molar-refractivity contribution in [2.45, 2.75) is 19.9 Å². The van der Waals surface area contributed by atoms with Crippen LogP contribution in [0.4, 0.5) is 10.1 Å². The van der Waals surface area contributed by atoms with Crippen LogP contribution in [0.1, 0.15) is 13.8 Å². The summed E-state index contributed by atoms with van der Waals surface area (Å²) in [4.78, 5) is 23.2. The van der Waals surface area contributed by atoms with Crippen molar-refractivity contribution in [1.82, 2.24) is 5.32 Å². The molecule has 0 aliphatic rings. The molecule has 0 spiro atoms. The van der Waals surface area contributed by atoms with Crippen molar-refractivity contribution < 1.29 is 18.7 Å². The molecule has 0 aliphatic heterocycles. The second-order valence-electron chi connectivity index (χ2n) is 4.34. The number of anilines is 1. The molecule has 0 heterocycles. The second kappa shape index (κ2) is 7.28. The molecular weight excluding hydrogens is 263 g/mol. The smallest absolute Gasteiger partial charge is 0.332 e. The third kappa shape index (κ3) is 5.09. The topological polar surface area (TPSA) is 67.4 Å². The maximum atomic E-state index is 12.8. The van der Waals surface area contributed by atoms with E-state index in [1.165, 1.54) is 31.4 Å². The fourth-order valence-electron chi connectivity index (χ4n) is 1.36. The number of hydrogen-bond acceptors (Lipinski definition) is 4. The van der Waals surface area contributed by atoms with Crippen molar-refractivity contribution in [1.29, 1.82) is 0 Å². The van der Waals surface area contributed by atoms with E-state index >= 15 is 0 Å². The molecule has 0 saturated carbocycles. The number of carbonyl (C=O) groups is 2. The van der Waals surface area contributed by atoms with Crippen LogP contribution in [0.2, 0.25) is 0 Å². The minimum atomic E-state index is -0.659. The highest BCUT2D eigenvalue weighted by Gasteiger charge is 2.13. The Labute approximate surface area is 116 Å². The molecule has 0 radical (unpaired) electrons. The highest BCUT2D eigenvalue weighted by molar-refractivity contribution is 6.01. The molecular formula is C14H17FN2O3. The molecule has 108 valence electrons. The van der Waals surface area contributed by atoms with Gasteiger partial charge in [-0.15, -0.1) is 0 Å². The second-order valence-corrected chi connectivity index (χ2v) is 4.34. The summed E-state index contributed by atoms with van der Waals surface area (Å²) in [6.45, 7) is 3.59. The number of nitrogens with one attached hydrogen (secondary N) is 2. The Hall–Kier alpha value is -2.37. The van der Waals surface area contributed by atoms with Gasteiger partial charge in [0, 0.05) is 11.7 Å². The predicted molar refractivity (Wildman–Crippen MR) is 73.4 cm³/mol. The lowest BCUT2D eigenvalue weighted by Gasteiger charge is -2.13. The SMILES string of the molecule is COC(=O)/C=C(\Nc1ccc(F)cc1)C(=O)NC(C)C. The van der Waals surface area contributed by atoms with Gasteiger partial charge < -0.3 is 15.4 Å². The molecule has 0 atom stereocenters. The summed E-state index contributed by atoms with van der Waals surface area (Å²) in [5.41, 5.74) is 0.512. The van der Waals surface area contributed by atoms with Crippen LogP contribution in [-0.2, 0) is 14.3 Å². The zero-order chi connectivity index (χ0) is 15.1. The van der Waals surface area contributed by atoms with Crippen molar-refractivity contribution in [3.63, 3.8) is 0 Å². The van der Waals surface area contributed by atoms with Crippen molar-refractivity contribution in [2.24, 2.45) is 0 Å². The van der Waals surface area contributed by atoms with Crippen LogP contribution in [0.5, 0.6) is 0 Å². The number of carbonyl (C=O) groups excluding carboxylic acids is 2. The first-order valence-electron chi connectivity index (χ1n) is 6.05. The molecule has 1 aromatic carbocycles. The number of benzene rings is 1. The molecule has 0 saturated heterocycles. The van der Waals surface area contributed by atoms with Crippen LogP contribution in [0, 0.1) is 5.82 Å². The summed E-state index contributed by atoms with van der Waals surface area (Å²) >= 11 is 0. The van der Waals surface area contributed by atoms with E-state index in [9.17, 15) is 14.0 Å². The lowest BCUT2D eigenvalue weighted by molar-refractivity contribution is -0.135. The van der Waals surface area contributed by atoms with Gasteiger partial charge in [0.2, 0.25) is 0 Å². The van der Waals surface area contributed by atoms with Crippen LogP contribution >= 0.6 is 0 Å². The first-order chi connectivity index (χ1) is 9.42. The Morgan fingerprint density at radius 1 is 1.25 bits per heavy atom. The van der Waals surface area contributed by atoms with E-state index in [0.717, 1.165) is 6.08 Å². The van der Waals surface area contributed by atoms with Crippen LogP contribution in [0.3, 0.4) is 0 Å². The third-order valence-corrected chi connectivity index (χ3v) is 2.25. The molecule has 1 aromatic rings. The van der Waals surface area contributed by atoms with Crippen molar-refractivity contribution in [2.75, 3.05) is 12.4 Å². The van der Waals surface area contributed by atoms with Crippen LogP contribution < -0.4 is 10.6 Å². The molecule has 6 heteroatoms. The van der Waals surface area contributed by atoms with Gasteiger partial charge in [-0.25, -0.2) is 9.18 Å². The van der Waals surface area contributed by atoms with Gasteiger partial charge in [-0.3, -0.25) is 4.79 Å². The molecule has 0 aromatic heterocycles. The standard InChI is InChI=1S/C14H17FN2O3/c1-9(2)16-14(19)12(8-13(18)20-3)17-11-6-4-10(15)5-7-11/h4-9,17H,1-3H3,(H,16,19)/b12-8-. The Balaban J connectivity index is 2.93. The number of hydrogen-bond donors (Lipinski definition) is 2. The van der Waals surface area contributed by atoms with Crippen LogP contribution in [-0.4, -0.2) is 25.0 Å². The quantitative estimate of drug-likeness (QED) is 0.637. The largest absolute Gasteiger partial charge is 0.466 e. The lowest BCUT2D eigenvalue weighted by Crippen LogP contribution is -2.34. The van der Waals surface area contributed by atoms with Crippen molar-refractivity contribution in [3.05, 3.63) is 41.9 Å². The summed E-state index contributed by atoms with van der Waals surface area (Å²) in [6.07, 6.45) is 1.04. The molecule has 1 rings (SSSR count). The fraction of sp³-hybridized carbons (Fsp3) is 0.286. The summed E-state index contributed by atoms with van der Waals surface area (Å²) < 4.78 is 17.3. The third-order valence-electron chi connectivity index (χ3n) is 2.25. The maximum Gasteiger partial charge on any atom is 0.332 e. The summed E-state index contributed by atoms with van der Waals surface area (Å²) in [5, 5.41) is 5.41. The minimum Gasteiger partial charge on any atom is -0.466 e. The van der Waals surface area contributed by atoms with E-state index in [2.05, 4.69) is 15.4 Å². The van der Waals surface area contributed by atoms with Crippen molar-refractivity contribution >= 4 is 17.6 Å². The number of rotatable bonds is 5. The van der Waals surface area contributed by atoms with E-state index in [4.69, 9.17) is 0 Å². The summed E-state index contributed by atoms with van der Waals surface area (Å²) in [7, 11) is 1.22. The summed E-state index contributed by atoms with van der Waals surface area (Å²) in [6, 6.07) is 5.34.